The molecule has 0 bridgehead atoms. The van der Waals surface area contributed by atoms with Crippen LogP contribution in [0.1, 0.15) is 63.4 Å². The molecule has 1 amide bonds. The van der Waals surface area contributed by atoms with Gasteiger partial charge in [0.05, 0.1) is 18.6 Å². The average Bonchev–Trinajstić information content (AvgIpc) is 3.00. The highest BCUT2D eigenvalue weighted by atomic mass is 16.5. The Bertz CT molecular complexity index is 1010. The molecule has 0 aliphatic carbocycles. The molecular formula is C27H36N2O5. The molecule has 0 atom stereocenters. The van der Waals surface area contributed by atoms with Gasteiger partial charge in [-0.3, -0.25) is 14.4 Å². The van der Waals surface area contributed by atoms with Crippen molar-refractivity contribution < 1.29 is 24.2 Å². The topological polar surface area (TPSA) is 95.9 Å². The van der Waals surface area contributed by atoms with Crippen molar-refractivity contribution in [3.05, 3.63) is 65.9 Å². The summed E-state index contributed by atoms with van der Waals surface area (Å²) in [5, 5.41) is 11.7. The fourth-order valence-corrected chi connectivity index (χ4v) is 3.39. The lowest BCUT2D eigenvalue weighted by molar-refractivity contribution is -0.144. The van der Waals surface area contributed by atoms with Gasteiger partial charge in [0.15, 0.2) is 6.29 Å². The predicted molar refractivity (Wildman–Crippen MR) is 136 cm³/mol. The van der Waals surface area contributed by atoms with Crippen LogP contribution in [0, 0.1) is 0 Å². The van der Waals surface area contributed by atoms with E-state index in [-0.39, 0.29) is 35.9 Å². The minimum atomic E-state index is -0.351. The van der Waals surface area contributed by atoms with E-state index in [0.717, 1.165) is 22.6 Å². The Hall–Kier alpha value is -3.61. The number of phenolic OH excluding ortho intramolecular Hbond substituents is 1. The first-order chi connectivity index (χ1) is 16.1. The number of hydrogen-bond acceptors (Lipinski definition) is 6. The number of amides is 1. The van der Waals surface area contributed by atoms with Crippen LogP contribution in [0.15, 0.2) is 54.7 Å². The predicted octanol–water partition coefficient (Wildman–Crippen LogP) is 5.44. The van der Waals surface area contributed by atoms with Crippen LogP contribution in [0.4, 0.5) is 11.4 Å². The first-order valence-corrected chi connectivity index (χ1v) is 11.4. The number of benzene rings is 2. The summed E-state index contributed by atoms with van der Waals surface area (Å²) in [6.45, 7) is 14.5. The van der Waals surface area contributed by atoms with Crippen LogP contribution in [-0.4, -0.2) is 36.9 Å². The first kappa shape index (κ1) is 28.4. The number of nitrogens with one attached hydrogen (secondary N) is 1. The number of likely N-dealkylation sites (N-methyl/N-ethyl adjacent to an activating group) is 1. The molecule has 0 radical (unpaired) electrons. The van der Waals surface area contributed by atoms with E-state index in [1.54, 1.807) is 25.1 Å². The maximum Gasteiger partial charge on any atom is 0.306 e. The van der Waals surface area contributed by atoms with E-state index in [4.69, 9.17) is 9.84 Å². The molecule has 0 aromatic heterocycles. The molecule has 0 unspecified atom stereocenters. The highest BCUT2D eigenvalue weighted by molar-refractivity contribution is 5.93. The lowest BCUT2D eigenvalue weighted by atomic mass is 9.84. The summed E-state index contributed by atoms with van der Waals surface area (Å²) < 4.78 is 4.82. The standard InChI is InChI=1S/C18H24N2O3.C7H6O2.C2H6/c1-6-23-17(22)10-9-16(21)19-13-7-8-15-14(11-13)18(3,4)12(2)20(15)5;8-5-6-3-1-2-4-7(6)9;1-2/h7-8,11H,2,6,9-10H2,1,3-5H3,(H,19,21);1-5,9H;1-2H3. The lowest BCUT2D eigenvalue weighted by Gasteiger charge is -2.22. The van der Waals surface area contributed by atoms with E-state index in [0.29, 0.717) is 18.5 Å². The van der Waals surface area contributed by atoms with Crippen LogP contribution in [0.3, 0.4) is 0 Å². The number of ether oxygens (including phenoxy) is 1. The monoisotopic (exact) mass is 468 g/mol. The van der Waals surface area contributed by atoms with Gasteiger partial charge in [0.1, 0.15) is 5.75 Å². The van der Waals surface area contributed by atoms with Crippen LogP contribution in [-0.2, 0) is 19.7 Å². The van der Waals surface area contributed by atoms with Gasteiger partial charge >= 0.3 is 5.97 Å². The van der Waals surface area contributed by atoms with E-state index in [9.17, 15) is 14.4 Å². The van der Waals surface area contributed by atoms with Crippen molar-refractivity contribution in [2.24, 2.45) is 0 Å². The summed E-state index contributed by atoms with van der Waals surface area (Å²) in [4.78, 5) is 35.4. The van der Waals surface area contributed by atoms with E-state index >= 15 is 0 Å². The summed E-state index contributed by atoms with van der Waals surface area (Å²) in [7, 11) is 1.99. The van der Waals surface area contributed by atoms with Crippen molar-refractivity contribution >= 4 is 29.5 Å². The third kappa shape index (κ3) is 7.20. The van der Waals surface area contributed by atoms with E-state index < -0.39 is 0 Å². The molecule has 0 fully saturated rings. The third-order valence-corrected chi connectivity index (χ3v) is 5.37. The lowest BCUT2D eigenvalue weighted by Crippen LogP contribution is -2.21. The SMILES string of the molecule is C=C1N(C)c2ccc(NC(=O)CCC(=O)OCC)cc2C1(C)C.CC.O=Cc1ccccc1O. The van der Waals surface area contributed by atoms with Crippen molar-refractivity contribution in [1.82, 2.24) is 0 Å². The van der Waals surface area contributed by atoms with Gasteiger partial charge in [0.2, 0.25) is 5.91 Å². The minimum Gasteiger partial charge on any atom is -0.507 e. The molecule has 34 heavy (non-hydrogen) atoms. The number of hydrogen-bond donors (Lipinski definition) is 2. The Morgan fingerprint density at radius 1 is 1.15 bits per heavy atom. The van der Waals surface area contributed by atoms with Crippen molar-refractivity contribution in [3.63, 3.8) is 0 Å². The molecule has 2 aromatic carbocycles. The summed E-state index contributed by atoms with van der Waals surface area (Å²) in [5.74, 6) is -0.510. The van der Waals surface area contributed by atoms with Crippen LogP contribution >= 0.6 is 0 Å². The van der Waals surface area contributed by atoms with Gasteiger partial charge in [-0.2, -0.15) is 0 Å². The second kappa shape index (κ2) is 13.2. The molecule has 1 aliphatic heterocycles. The van der Waals surface area contributed by atoms with Gasteiger partial charge in [-0.25, -0.2) is 0 Å². The minimum absolute atomic E-state index is 0.0347. The number of anilines is 2. The molecular weight excluding hydrogens is 432 g/mol. The molecule has 2 N–H and O–H groups in total. The zero-order valence-corrected chi connectivity index (χ0v) is 21.0. The zero-order valence-electron chi connectivity index (χ0n) is 21.0. The van der Waals surface area contributed by atoms with Crippen molar-refractivity contribution in [1.29, 1.82) is 0 Å². The first-order valence-electron chi connectivity index (χ1n) is 11.4. The number of aldehydes is 1. The van der Waals surface area contributed by atoms with Crippen LogP contribution in [0.5, 0.6) is 5.75 Å². The van der Waals surface area contributed by atoms with Gasteiger partial charge in [-0.1, -0.05) is 46.4 Å². The number of para-hydroxylation sites is 1. The van der Waals surface area contributed by atoms with Gasteiger partial charge in [-0.15, -0.1) is 0 Å². The Morgan fingerprint density at radius 2 is 1.79 bits per heavy atom. The molecule has 184 valence electrons. The number of fused-ring (bicyclic) bond motifs is 1. The average molecular weight is 469 g/mol. The third-order valence-electron chi connectivity index (χ3n) is 5.37. The Labute approximate surface area is 202 Å². The van der Waals surface area contributed by atoms with Crippen molar-refractivity contribution in [2.45, 2.75) is 52.9 Å². The van der Waals surface area contributed by atoms with Crippen LogP contribution in [0.25, 0.3) is 0 Å². The summed E-state index contributed by atoms with van der Waals surface area (Å²) in [6.07, 6.45) is 0.830. The number of aromatic hydroxyl groups is 1. The summed E-state index contributed by atoms with van der Waals surface area (Å²) in [5.41, 5.74) is 4.15. The maximum atomic E-state index is 12.0. The molecule has 3 rings (SSSR count). The second-order valence-corrected chi connectivity index (χ2v) is 7.89. The molecule has 0 saturated carbocycles. The van der Waals surface area contributed by atoms with E-state index in [1.165, 1.54) is 6.07 Å². The Balaban J connectivity index is 0.000000437. The van der Waals surface area contributed by atoms with Crippen molar-refractivity contribution in [3.8, 4) is 5.75 Å². The molecule has 1 heterocycles. The van der Waals surface area contributed by atoms with Gasteiger partial charge in [-0.05, 0) is 42.8 Å². The van der Waals surface area contributed by atoms with E-state index in [2.05, 4.69) is 30.6 Å². The molecule has 0 saturated heterocycles. The smallest absolute Gasteiger partial charge is 0.306 e. The number of phenols is 1. The number of esters is 1. The summed E-state index contributed by atoms with van der Waals surface area (Å²) >= 11 is 0. The van der Waals surface area contributed by atoms with Gasteiger partial charge in [0, 0.05) is 36.0 Å². The zero-order chi connectivity index (χ0) is 25.9. The Morgan fingerprint density at radius 3 is 2.35 bits per heavy atom. The quantitative estimate of drug-likeness (QED) is 0.433. The van der Waals surface area contributed by atoms with E-state index in [1.807, 2.05) is 39.1 Å². The largest absolute Gasteiger partial charge is 0.507 e. The van der Waals surface area contributed by atoms with Gasteiger partial charge < -0.3 is 20.1 Å². The van der Waals surface area contributed by atoms with Gasteiger partial charge in [0.25, 0.3) is 0 Å². The fourth-order valence-electron chi connectivity index (χ4n) is 3.39. The Kier molecular flexibility index (Phi) is 11.0. The summed E-state index contributed by atoms with van der Waals surface area (Å²) in [6, 6.07) is 12.2. The fraction of sp³-hybridized carbons (Fsp3) is 0.370. The number of nitrogens with zero attached hydrogens (tertiary/aromatic N) is 1. The highest BCUT2D eigenvalue weighted by Crippen LogP contribution is 2.46. The molecule has 7 nitrogen and oxygen atoms in total. The second-order valence-electron chi connectivity index (χ2n) is 7.89. The van der Waals surface area contributed by atoms with Crippen molar-refractivity contribution in [2.75, 3.05) is 23.9 Å². The van der Waals surface area contributed by atoms with Crippen LogP contribution in [0.2, 0.25) is 0 Å². The molecule has 0 spiro atoms. The van der Waals surface area contributed by atoms with Crippen LogP contribution < -0.4 is 10.2 Å². The molecule has 1 aliphatic rings. The normalized spacial score (nSPS) is 12.9. The number of carbonyl (C=O) groups excluding carboxylic acids is 3. The molecule has 2 aromatic rings. The number of rotatable bonds is 6. The number of allylic oxidation sites excluding steroid dienone is 1. The number of carbonyl (C=O) groups is 3. The molecule has 7 heteroatoms. The maximum absolute atomic E-state index is 12.0. The highest BCUT2D eigenvalue weighted by Gasteiger charge is 2.37.